The van der Waals surface area contributed by atoms with Gasteiger partial charge in [0.05, 0.1) is 11.4 Å². The largest absolute Gasteiger partial charge is 0.335 e. The molecule has 0 spiro atoms. The smallest absolute Gasteiger partial charge is 0.0571 e. The average Bonchev–Trinajstić information content (AvgIpc) is 3.28. The van der Waals surface area contributed by atoms with Crippen molar-refractivity contribution < 1.29 is 0 Å². The van der Waals surface area contributed by atoms with E-state index in [9.17, 15) is 0 Å². The van der Waals surface area contributed by atoms with Gasteiger partial charge in [0.25, 0.3) is 0 Å². The molecule has 6 aromatic rings. The van der Waals surface area contributed by atoms with E-state index in [0.717, 1.165) is 13.0 Å². The van der Waals surface area contributed by atoms with E-state index in [4.69, 9.17) is 0 Å². The second-order valence-electron chi connectivity index (χ2n) is 9.38. The first kappa shape index (κ1) is 22.8. The molecule has 0 bridgehead atoms. The van der Waals surface area contributed by atoms with Crippen LogP contribution in [0.3, 0.4) is 0 Å². The molecule has 1 nitrogen and oxygen atoms in total. The summed E-state index contributed by atoms with van der Waals surface area (Å²) in [6.07, 6.45) is 0.858. The van der Waals surface area contributed by atoms with Gasteiger partial charge in [-0.25, -0.2) is 0 Å². The Morgan fingerprint density at radius 1 is 0.378 bits per heavy atom. The predicted octanol–water partition coefficient (Wildman–Crippen LogP) is 9.13. The summed E-state index contributed by atoms with van der Waals surface area (Å²) in [5.74, 6) is 0. The molecule has 6 rings (SSSR count). The van der Waals surface area contributed by atoms with Crippen LogP contribution in [0, 0.1) is 0 Å². The van der Waals surface area contributed by atoms with Gasteiger partial charge in [-0.2, -0.15) is 0 Å². The highest BCUT2D eigenvalue weighted by Crippen LogP contribution is 2.44. The molecule has 1 heteroatoms. The summed E-state index contributed by atoms with van der Waals surface area (Å²) >= 11 is 0. The van der Waals surface area contributed by atoms with Crippen LogP contribution in [0.5, 0.6) is 0 Å². The fraction of sp³-hybridized carbons (Fsp3) is 0.0556. The monoisotopic (exact) mass is 475 g/mol. The van der Waals surface area contributed by atoms with Gasteiger partial charge in [0.2, 0.25) is 0 Å². The Balaban J connectivity index is 1.72. The highest BCUT2D eigenvalue weighted by atomic mass is 15.0. The van der Waals surface area contributed by atoms with E-state index in [1.165, 1.54) is 50.3 Å². The summed E-state index contributed by atoms with van der Waals surface area (Å²) in [7, 11) is 0. The van der Waals surface area contributed by atoms with Gasteiger partial charge in [0.15, 0.2) is 0 Å². The first-order valence-electron chi connectivity index (χ1n) is 12.9. The van der Waals surface area contributed by atoms with E-state index in [2.05, 4.69) is 156 Å². The lowest BCUT2D eigenvalue weighted by atomic mass is 9.92. The Morgan fingerprint density at radius 2 is 0.784 bits per heavy atom. The van der Waals surface area contributed by atoms with Crippen molar-refractivity contribution in [2.75, 3.05) is 0 Å². The van der Waals surface area contributed by atoms with Gasteiger partial charge < -0.3 is 4.57 Å². The van der Waals surface area contributed by atoms with E-state index in [1.807, 2.05) is 0 Å². The molecule has 0 radical (unpaired) electrons. The molecule has 0 aliphatic carbocycles. The maximum absolute atomic E-state index is 2.54. The Hall–Kier alpha value is -4.62. The van der Waals surface area contributed by atoms with Crippen molar-refractivity contribution >= 4 is 0 Å². The minimum Gasteiger partial charge on any atom is -0.335 e. The van der Waals surface area contributed by atoms with Gasteiger partial charge in [-0.3, -0.25) is 0 Å². The van der Waals surface area contributed by atoms with Gasteiger partial charge >= 0.3 is 0 Å². The number of nitrogens with zero attached hydrogens (tertiary/aromatic N) is 1. The summed E-state index contributed by atoms with van der Waals surface area (Å²) in [4.78, 5) is 0. The third kappa shape index (κ3) is 4.77. The standard InChI is InChI=1S/C36H29N/c1-6-16-28(17-7-1)26-33-34(30-20-10-3-11-21-30)36(32-24-14-5-15-25-32)37(27-29-18-8-2-9-19-29)35(33)31-22-12-4-13-23-31/h1-25H,26-27H2. The third-order valence-electron chi connectivity index (χ3n) is 6.93. The Bertz CT molecular complexity index is 1460. The quantitative estimate of drug-likeness (QED) is 0.217. The Morgan fingerprint density at radius 3 is 1.30 bits per heavy atom. The highest BCUT2D eigenvalue weighted by molar-refractivity contribution is 5.91. The van der Waals surface area contributed by atoms with Crippen molar-refractivity contribution in [3.8, 4) is 33.6 Å². The lowest BCUT2D eigenvalue weighted by Crippen LogP contribution is -2.05. The van der Waals surface area contributed by atoms with Crippen LogP contribution in [0.25, 0.3) is 33.6 Å². The average molecular weight is 476 g/mol. The fourth-order valence-corrected chi connectivity index (χ4v) is 5.31. The van der Waals surface area contributed by atoms with Gasteiger partial charge in [-0.05, 0) is 33.4 Å². The molecule has 0 saturated carbocycles. The molecule has 0 N–H and O–H groups in total. The second-order valence-corrected chi connectivity index (χ2v) is 9.38. The third-order valence-corrected chi connectivity index (χ3v) is 6.93. The van der Waals surface area contributed by atoms with Gasteiger partial charge in [0.1, 0.15) is 0 Å². The molecule has 1 aromatic heterocycles. The van der Waals surface area contributed by atoms with Crippen molar-refractivity contribution in [2.24, 2.45) is 0 Å². The van der Waals surface area contributed by atoms with Crippen LogP contribution in [0.4, 0.5) is 0 Å². The van der Waals surface area contributed by atoms with Gasteiger partial charge in [0, 0.05) is 18.5 Å². The van der Waals surface area contributed by atoms with Crippen LogP contribution >= 0.6 is 0 Å². The van der Waals surface area contributed by atoms with Crippen molar-refractivity contribution in [1.29, 1.82) is 0 Å². The molecule has 37 heavy (non-hydrogen) atoms. The fourth-order valence-electron chi connectivity index (χ4n) is 5.31. The molecule has 0 unspecified atom stereocenters. The van der Waals surface area contributed by atoms with E-state index in [1.54, 1.807) is 0 Å². The molecule has 0 fully saturated rings. The van der Waals surface area contributed by atoms with Crippen LogP contribution in [-0.2, 0) is 13.0 Å². The molecule has 5 aromatic carbocycles. The highest BCUT2D eigenvalue weighted by Gasteiger charge is 2.26. The van der Waals surface area contributed by atoms with E-state index < -0.39 is 0 Å². The lowest BCUT2D eigenvalue weighted by Gasteiger charge is -2.16. The topological polar surface area (TPSA) is 4.93 Å². The summed E-state index contributed by atoms with van der Waals surface area (Å²) < 4.78 is 2.54. The second kappa shape index (κ2) is 10.6. The van der Waals surface area contributed by atoms with Crippen LogP contribution < -0.4 is 0 Å². The minimum atomic E-state index is 0.796. The van der Waals surface area contributed by atoms with Crippen molar-refractivity contribution in [2.45, 2.75) is 13.0 Å². The molecular formula is C36H29N. The number of rotatable bonds is 7. The van der Waals surface area contributed by atoms with Gasteiger partial charge in [-0.15, -0.1) is 0 Å². The zero-order valence-electron chi connectivity index (χ0n) is 20.8. The van der Waals surface area contributed by atoms with Crippen molar-refractivity contribution in [3.63, 3.8) is 0 Å². The molecule has 0 aliphatic heterocycles. The van der Waals surface area contributed by atoms with Crippen LogP contribution in [0.2, 0.25) is 0 Å². The molecule has 1 heterocycles. The summed E-state index contributed by atoms with van der Waals surface area (Å²) in [6.45, 7) is 0.796. The lowest BCUT2D eigenvalue weighted by molar-refractivity contribution is 0.819. The van der Waals surface area contributed by atoms with Crippen LogP contribution in [-0.4, -0.2) is 4.57 Å². The van der Waals surface area contributed by atoms with E-state index in [0.29, 0.717) is 0 Å². The maximum Gasteiger partial charge on any atom is 0.0571 e. The van der Waals surface area contributed by atoms with Crippen LogP contribution in [0.15, 0.2) is 152 Å². The van der Waals surface area contributed by atoms with Crippen LogP contribution in [0.1, 0.15) is 16.7 Å². The van der Waals surface area contributed by atoms with Crippen molar-refractivity contribution in [3.05, 3.63) is 168 Å². The van der Waals surface area contributed by atoms with Gasteiger partial charge in [-0.1, -0.05) is 152 Å². The van der Waals surface area contributed by atoms with E-state index in [-0.39, 0.29) is 0 Å². The molecule has 0 atom stereocenters. The summed E-state index contributed by atoms with van der Waals surface area (Å²) in [5.41, 5.74) is 11.5. The maximum atomic E-state index is 2.54. The van der Waals surface area contributed by atoms with E-state index >= 15 is 0 Å². The normalized spacial score (nSPS) is 10.9. The zero-order chi connectivity index (χ0) is 24.9. The molecule has 0 amide bonds. The number of hydrogen-bond donors (Lipinski definition) is 0. The molecule has 0 aliphatic rings. The zero-order valence-corrected chi connectivity index (χ0v) is 20.8. The first-order chi connectivity index (χ1) is 18.4. The number of benzene rings is 5. The first-order valence-corrected chi connectivity index (χ1v) is 12.9. The SMILES string of the molecule is c1ccc(Cc2c(-c3ccccc3)c(-c3ccccc3)n(Cc3ccccc3)c2-c2ccccc2)cc1. The Labute approximate surface area is 219 Å². The number of aromatic nitrogens is 1. The molecule has 178 valence electrons. The van der Waals surface area contributed by atoms with Crippen molar-refractivity contribution in [1.82, 2.24) is 4.57 Å². The molecule has 0 saturated heterocycles. The summed E-state index contributed by atoms with van der Waals surface area (Å²) in [5, 5.41) is 0. The summed E-state index contributed by atoms with van der Waals surface area (Å²) in [6, 6.07) is 54.3. The predicted molar refractivity (Wildman–Crippen MR) is 156 cm³/mol. The number of hydrogen-bond acceptors (Lipinski definition) is 0. The Kier molecular flexibility index (Phi) is 6.51. The molecular weight excluding hydrogens is 446 g/mol. The minimum absolute atomic E-state index is 0.796.